The molecule has 0 bridgehead atoms. The summed E-state index contributed by atoms with van der Waals surface area (Å²) in [6.07, 6.45) is 2.38. The van der Waals surface area contributed by atoms with E-state index in [2.05, 4.69) is 21.0 Å². The van der Waals surface area contributed by atoms with E-state index in [4.69, 9.17) is 0 Å². The number of hydrogen-bond donors (Lipinski definition) is 1. The van der Waals surface area contributed by atoms with Crippen LogP contribution in [0.4, 0.5) is 4.39 Å². The summed E-state index contributed by atoms with van der Waals surface area (Å²) < 4.78 is 15.3. The number of hydrogen-bond acceptors (Lipinski definition) is 2. The van der Waals surface area contributed by atoms with Crippen molar-refractivity contribution >= 4 is 15.9 Å². The highest BCUT2D eigenvalue weighted by Crippen LogP contribution is 2.28. The topological polar surface area (TPSA) is 38.0 Å². The van der Waals surface area contributed by atoms with Gasteiger partial charge < -0.3 is 5.11 Å². The third-order valence-electron chi connectivity index (χ3n) is 2.29. The van der Waals surface area contributed by atoms with Crippen molar-refractivity contribution in [2.45, 2.75) is 6.10 Å². The molecule has 0 fully saturated rings. The maximum Gasteiger partial charge on any atom is 0.123 e. The zero-order chi connectivity index (χ0) is 11.7. The second-order valence-electron chi connectivity index (χ2n) is 3.52. The Morgan fingerprint density at radius 1 is 1.50 bits per heavy atom. The molecule has 16 heavy (non-hydrogen) atoms. The second-order valence-corrected chi connectivity index (χ2v) is 4.37. The lowest BCUT2D eigenvalue weighted by Gasteiger charge is -2.10. The molecule has 1 aromatic carbocycles. The van der Waals surface area contributed by atoms with Crippen molar-refractivity contribution in [2.24, 2.45) is 7.05 Å². The van der Waals surface area contributed by atoms with Gasteiger partial charge in [0.15, 0.2) is 0 Å². The summed E-state index contributed by atoms with van der Waals surface area (Å²) in [5, 5.41) is 14.0. The molecule has 84 valence electrons. The first kappa shape index (κ1) is 11.3. The summed E-state index contributed by atoms with van der Waals surface area (Å²) in [5.41, 5.74) is 1.13. The van der Waals surface area contributed by atoms with Crippen LogP contribution in [0.25, 0.3) is 0 Å². The minimum Gasteiger partial charge on any atom is -0.383 e. The number of aliphatic hydroxyl groups is 1. The van der Waals surface area contributed by atoms with Crippen LogP contribution in [0.2, 0.25) is 0 Å². The molecule has 1 N–H and O–H groups in total. The summed E-state index contributed by atoms with van der Waals surface area (Å²) in [4.78, 5) is 0. The van der Waals surface area contributed by atoms with Crippen LogP contribution in [0.1, 0.15) is 17.2 Å². The summed E-state index contributed by atoms with van der Waals surface area (Å²) in [6.45, 7) is 0. The smallest absolute Gasteiger partial charge is 0.123 e. The van der Waals surface area contributed by atoms with Gasteiger partial charge >= 0.3 is 0 Å². The van der Waals surface area contributed by atoms with Crippen LogP contribution in [0.3, 0.4) is 0 Å². The lowest BCUT2D eigenvalue weighted by atomic mass is 10.0. The van der Waals surface area contributed by atoms with Crippen molar-refractivity contribution in [2.75, 3.05) is 0 Å². The van der Waals surface area contributed by atoms with Gasteiger partial charge in [0.25, 0.3) is 0 Å². The Kier molecular flexibility index (Phi) is 3.07. The highest BCUT2D eigenvalue weighted by molar-refractivity contribution is 9.10. The van der Waals surface area contributed by atoms with Gasteiger partial charge in [0.05, 0.1) is 6.20 Å². The Hall–Kier alpha value is -1.20. The second kappa shape index (κ2) is 4.35. The molecule has 1 atom stereocenters. The molecule has 1 aromatic heterocycles. The van der Waals surface area contributed by atoms with Crippen LogP contribution < -0.4 is 0 Å². The molecule has 0 radical (unpaired) electrons. The van der Waals surface area contributed by atoms with Gasteiger partial charge in [-0.05, 0) is 18.2 Å². The van der Waals surface area contributed by atoms with E-state index in [1.807, 2.05) is 0 Å². The van der Waals surface area contributed by atoms with Crippen molar-refractivity contribution < 1.29 is 9.50 Å². The molecule has 1 unspecified atom stereocenters. The number of benzene rings is 1. The van der Waals surface area contributed by atoms with Crippen LogP contribution in [-0.2, 0) is 7.05 Å². The highest BCUT2D eigenvalue weighted by atomic mass is 79.9. The molecule has 0 aliphatic heterocycles. The fourth-order valence-corrected chi connectivity index (χ4v) is 1.95. The van der Waals surface area contributed by atoms with Crippen LogP contribution in [0.15, 0.2) is 35.1 Å². The summed E-state index contributed by atoms with van der Waals surface area (Å²) in [7, 11) is 1.76. The van der Waals surface area contributed by atoms with Crippen molar-refractivity contribution in [3.8, 4) is 0 Å². The van der Waals surface area contributed by atoms with E-state index < -0.39 is 6.10 Å². The highest BCUT2D eigenvalue weighted by Gasteiger charge is 2.15. The predicted octanol–water partition coefficient (Wildman–Crippen LogP) is 2.40. The molecule has 5 heteroatoms. The Labute approximate surface area is 101 Å². The van der Waals surface area contributed by atoms with E-state index >= 15 is 0 Å². The number of aryl methyl sites for hydroxylation is 1. The number of rotatable bonds is 2. The van der Waals surface area contributed by atoms with Crippen molar-refractivity contribution in [1.29, 1.82) is 0 Å². The Bertz CT molecular complexity index is 512. The standard InChI is InChI=1S/C11H10BrFN2O/c1-15-6-7(5-14-15)11(16)9-4-8(13)2-3-10(9)12/h2-6,11,16H,1H3. The van der Waals surface area contributed by atoms with Gasteiger partial charge in [-0.3, -0.25) is 4.68 Å². The largest absolute Gasteiger partial charge is 0.383 e. The minimum absolute atomic E-state index is 0.374. The van der Waals surface area contributed by atoms with Gasteiger partial charge in [0.1, 0.15) is 11.9 Å². The van der Waals surface area contributed by atoms with E-state index in [0.29, 0.717) is 15.6 Å². The molecule has 2 rings (SSSR count). The van der Waals surface area contributed by atoms with Crippen LogP contribution in [0.5, 0.6) is 0 Å². The predicted molar refractivity (Wildman–Crippen MR) is 61.4 cm³/mol. The van der Waals surface area contributed by atoms with E-state index in [9.17, 15) is 9.50 Å². The molecule has 3 nitrogen and oxygen atoms in total. The maximum absolute atomic E-state index is 13.1. The Balaban J connectivity index is 2.40. The van der Waals surface area contributed by atoms with Crippen LogP contribution in [0, 0.1) is 5.82 Å². The zero-order valence-corrected chi connectivity index (χ0v) is 10.1. The van der Waals surface area contributed by atoms with Crippen molar-refractivity contribution in [3.05, 3.63) is 52.0 Å². The first-order valence-electron chi connectivity index (χ1n) is 4.69. The van der Waals surface area contributed by atoms with E-state index in [1.54, 1.807) is 30.2 Å². The Morgan fingerprint density at radius 2 is 2.25 bits per heavy atom. The van der Waals surface area contributed by atoms with E-state index in [-0.39, 0.29) is 5.82 Å². The van der Waals surface area contributed by atoms with Gasteiger partial charge in [-0.2, -0.15) is 5.10 Å². The van der Waals surface area contributed by atoms with E-state index in [0.717, 1.165) is 0 Å². The van der Waals surface area contributed by atoms with Gasteiger partial charge in [0, 0.05) is 28.8 Å². The van der Waals surface area contributed by atoms with Crippen molar-refractivity contribution in [1.82, 2.24) is 9.78 Å². The van der Waals surface area contributed by atoms with Crippen LogP contribution in [-0.4, -0.2) is 14.9 Å². The average Bonchev–Trinajstić information content (AvgIpc) is 2.67. The molecule has 0 aliphatic rings. The van der Waals surface area contributed by atoms with Gasteiger partial charge in [-0.1, -0.05) is 15.9 Å². The van der Waals surface area contributed by atoms with Gasteiger partial charge in [-0.25, -0.2) is 4.39 Å². The molecular formula is C11H10BrFN2O. The summed E-state index contributed by atoms with van der Waals surface area (Å²) in [6, 6.07) is 4.22. The number of aromatic nitrogens is 2. The van der Waals surface area contributed by atoms with Gasteiger partial charge in [-0.15, -0.1) is 0 Å². The summed E-state index contributed by atoms with van der Waals surface area (Å²) in [5.74, 6) is -0.374. The molecular weight excluding hydrogens is 275 g/mol. The first-order chi connectivity index (χ1) is 7.58. The number of aliphatic hydroxyl groups excluding tert-OH is 1. The third kappa shape index (κ3) is 2.15. The molecule has 0 saturated carbocycles. The minimum atomic E-state index is -0.876. The van der Waals surface area contributed by atoms with E-state index in [1.165, 1.54) is 12.1 Å². The maximum atomic E-state index is 13.1. The molecule has 2 aromatic rings. The SMILES string of the molecule is Cn1cc(C(O)c2cc(F)ccc2Br)cn1. The fraction of sp³-hybridized carbons (Fsp3) is 0.182. The van der Waals surface area contributed by atoms with Crippen LogP contribution >= 0.6 is 15.9 Å². The van der Waals surface area contributed by atoms with Gasteiger partial charge in [0.2, 0.25) is 0 Å². The monoisotopic (exact) mass is 284 g/mol. The normalized spacial score (nSPS) is 12.8. The molecule has 0 amide bonds. The first-order valence-corrected chi connectivity index (χ1v) is 5.49. The zero-order valence-electron chi connectivity index (χ0n) is 8.56. The molecule has 1 heterocycles. The average molecular weight is 285 g/mol. The lowest BCUT2D eigenvalue weighted by molar-refractivity contribution is 0.219. The van der Waals surface area contributed by atoms with Crippen molar-refractivity contribution in [3.63, 3.8) is 0 Å². The quantitative estimate of drug-likeness (QED) is 0.920. The fourth-order valence-electron chi connectivity index (χ4n) is 1.49. The number of halogens is 2. The summed E-state index contributed by atoms with van der Waals surface area (Å²) >= 11 is 3.28. The molecule has 0 saturated heterocycles. The Morgan fingerprint density at radius 3 is 2.88 bits per heavy atom. The third-order valence-corrected chi connectivity index (χ3v) is 3.02. The lowest BCUT2D eigenvalue weighted by Crippen LogP contribution is -2.00. The number of nitrogens with zero attached hydrogens (tertiary/aromatic N) is 2. The molecule has 0 spiro atoms. The molecule has 0 aliphatic carbocycles.